The van der Waals surface area contributed by atoms with Crippen LogP contribution in [-0.2, 0) is 0 Å². The zero-order valence-corrected chi connectivity index (χ0v) is 22.5. The van der Waals surface area contributed by atoms with Crippen LogP contribution in [0.1, 0.15) is 48.1 Å². The normalized spacial score (nSPS) is 21.3. The van der Waals surface area contributed by atoms with E-state index in [4.69, 9.17) is 11.6 Å². The quantitative estimate of drug-likeness (QED) is 0.116. The lowest BCUT2D eigenvalue weighted by Crippen LogP contribution is -2.48. The standard InChI is InChI=1S/C33H20ClFN2O5/c34-25-8-4-3-7-24(25)30(38)29-28(18-9-13-21(14-10-18)37(41)42)33(31(39)22-5-1-2-6-23(22)32(33)40)27-16-11-19-17-20(35)12-15-26(19)36(27)29/h1-17,27-29H/t27?,28-,29+/m0/s1. The number of halogens is 2. The van der Waals surface area contributed by atoms with Crippen molar-refractivity contribution in [2.75, 3.05) is 4.90 Å². The first-order chi connectivity index (χ1) is 20.2. The highest BCUT2D eigenvalue weighted by Gasteiger charge is 2.71. The van der Waals surface area contributed by atoms with Crippen molar-refractivity contribution < 1.29 is 23.7 Å². The number of ketones is 3. The molecule has 0 N–H and O–H groups in total. The molecule has 1 saturated heterocycles. The van der Waals surface area contributed by atoms with Crippen molar-refractivity contribution in [3.05, 3.63) is 146 Å². The van der Waals surface area contributed by atoms with Gasteiger partial charge in [-0.3, -0.25) is 24.5 Å². The van der Waals surface area contributed by atoms with E-state index in [1.54, 1.807) is 65.6 Å². The summed E-state index contributed by atoms with van der Waals surface area (Å²) in [7, 11) is 0. The molecule has 1 spiro atoms. The van der Waals surface area contributed by atoms with Gasteiger partial charge < -0.3 is 4.90 Å². The fraction of sp³-hybridized carbons (Fsp3) is 0.121. The van der Waals surface area contributed by atoms with Crippen LogP contribution < -0.4 is 4.90 Å². The number of nitro groups is 1. The van der Waals surface area contributed by atoms with Crippen molar-refractivity contribution in [3.8, 4) is 0 Å². The van der Waals surface area contributed by atoms with Crippen LogP contribution in [0, 0.1) is 21.3 Å². The minimum atomic E-state index is -1.79. The molecule has 0 saturated carbocycles. The summed E-state index contributed by atoms with van der Waals surface area (Å²) in [5.74, 6) is -2.86. The van der Waals surface area contributed by atoms with Crippen molar-refractivity contribution in [1.82, 2.24) is 0 Å². The van der Waals surface area contributed by atoms with Crippen LogP contribution in [0.3, 0.4) is 0 Å². The molecule has 3 atom stereocenters. The van der Waals surface area contributed by atoms with E-state index in [1.807, 2.05) is 0 Å². The summed E-state index contributed by atoms with van der Waals surface area (Å²) < 4.78 is 14.4. The predicted molar refractivity (Wildman–Crippen MR) is 155 cm³/mol. The van der Waals surface area contributed by atoms with Crippen LogP contribution in [-0.4, -0.2) is 34.4 Å². The topological polar surface area (TPSA) is 97.6 Å². The van der Waals surface area contributed by atoms with E-state index in [1.165, 1.54) is 42.5 Å². The second-order valence-electron chi connectivity index (χ2n) is 10.6. The van der Waals surface area contributed by atoms with E-state index in [2.05, 4.69) is 0 Å². The van der Waals surface area contributed by atoms with E-state index < -0.39 is 51.5 Å². The Morgan fingerprint density at radius 3 is 2.19 bits per heavy atom. The lowest BCUT2D eigenvalue weighted by molar-refractivity contribution is -0.384. The summed E-state index contributed by atoms with van der Waals surface area (Å²) in [6.07, 6.45) is 3.35. The maximum atomic E-state index is 14.6. The lowest BCUT2D eigenvalue weighted by atomic mass is 9.64. The van der Waals surface area contributed by atoms with Gasteiger partial charge in [0.05, 0.1) is 16.0 Å². The van der Waals surface area contributed by atoms with E-state index in [0.717, 1.165) is 0 Å². The number of carbonyl (C=O) groups excluding carboxylic acids is 3. The van der Waals surface area contributed by atoms with Gasteiger partial charge in [-0.05, 0) is 35.9 Å². The van der Waals surface area contributed by atoms with Gasteiger partial charge in [0.1, 0.15) is 17.3 Å². The van der Waals surface area contributed by atoms with Gasteiger partial charge in [-0.1, -0.05) is 72.3 Å². The summed E-state index contributed by atoms with van der Waals surface area (Å²) in [5, 5.41) is 11.7. The number of nitro benzene ring substituents is 1. The Bertz CT molecular complexity index is 1850. The zero-order valence-electron chi connectivity index (χ0n) is 21.7. The first-order valence-electron chi connectivity index (χ1n) is 13.2. The van der Waals surface area contributed by atoms with Crippen LogP contribution in [0.5, 0.6) is 0 Å². The monoisotopic (exact) mass is 578 g/mol. The number of carbonyl (C=O) groups is 3. The molecule has 42 heavy (non-hydrogen) atoms. The predicted octanol–water partition coefficient (Wildman–Crippen LogP) is 6.70. The molecule has 1 fully saturated rings. The number of non-ortho nitro benzene ring substituents is 1. The number of Topliss-reactive ketones (excluding diaryl/α,β-unsaturated/α-hetero) is 3. The maximum Gasteiger partial charge on any atom is 0.269 e. The van der Waals surface area contributed by atoms with Gasteiger partial charge in [-0.2, -0.15) is 0 Å². The molecule has 2 aliphatic heterocycles. The van der Waals surface area contributed by atoms with Crippen LogP contribution >= 0.6 is 11.6 Å². The Morgan fingerprint density at radius 1 is 0.905 bits per heavy atom. The zero-order chi connectivity index (χ0) is 29.3. The first-order valence-corrected chi connectivity index (χ1v) is 13.6. The van der Waals surface area contributed by atoms with Crippen LogP contribution in [0.15, 0.2) is 97.1 Å². The number of anilines is 1. The van der Waals surface area contributed by atoms with Gasteiger partial charge in [-0.25, -0.2) is 4.39 Å². The van der Waals surface area contributed by atoms with E-state index in [-0.39, 0.29) is 27.4 Å². The van der Waals surface area contributed by atoms with Crippen LogP contribution in [0.2, 0.25) is 5.02 Å². The van der Waals surface area contributed by atoms with Crippen molar-refractivity contribution >= 4 is 46.4 Å². The third-order valence-corrected chi connectivity index (χ3v) is 8.97. The van der Waals surface area contributed by atoms with Gasteiger partial charge in [0.15, 0.2) is 17.3 Å². The summed E-state index contributed by atoms with van der Waals surface area (Å²) in [6.45, 7) is 0. The van der Waals surface area contributed by atoms with E-state index in [9.17, 15) is 28.9 Å². The molecular weight excluding hydrogens is 559 g/mol. The molecule has 0 bridgehead atoms. The highest BCUT2D eigenvalue weighted by atomic mass is 35.5. The number of rotatable bonds is 4. The summed E-state index contributed by atoms with van der Waals surface area (Å²) in [5.41, 5.74) is 0.104. The average Bonchev–Trinajstić information content (AvgIpc) is 3.43. The van der Waals surface area contributed by atoms with Gasteiger partial charge in [0.2, 0.25) is 0 Å². The maximum absolute atomic E-state index is 14.6. The van der Waals surface area contributed by atoms with Gasteiger partial charge in [-0.15, -0.1) is 0 Å². The Labute approximate surface area is 244 Å². The van der Waals surface area contributed by atoms with Gasteiger partial charge in [0, 0.05) is 46.0 Å². The molecule has 1 unspecified atom stereocenters. The van der Waals surface area contributed by atoms with E-state index in [0.29, 0.717) is 16.8 Å². The highest BCUT2D eigenvalue weighted by molar-refractivity contribution is 6.35. The SMILES string of the molecule is O=C(c1ccccc1Cl)[C@H]1[C@H](c2ccc([N+](=O)[O-])cc2)C2(C(=O)c3ccccc3C2=O)C2C=Cc3cc(F)ccc3N21. The average molecular weight is 579 g/mol. The summed E-state index contributed by atoms with van der Waals surface area (Å²) in [4.78, 5) is 56.5. The fourth-order valence-electron chi connectivity index (χ4n) is 6.94. The molecule has 0 radical (unpaired) electrons. The van der Waals surface area contributed by atoms with Crippen LogP contribution in [0.4, 0.5) is 15.8 Å². The van der Waals surface area contributed by atoms with Crippen molar-refractivity contribution in [3.63, 3.8) is 0 Å². The number of benzene rings is 4. The second kappa shape index (κ2) is 9.29. The Morgan fingerprint density at radius 2 is 1.55 bits per heavy atom. The number of nitrogens with zero attached hydrogens (tertiary/aromatic N) is 2. The fourth-order valence-corrected chi connectivity index (χ4v) is 7.17. The first kappa shape index (κ1) is 26.0. The second-order valence-corrected chi connectivity index (χ2v) is 11.0. The Hall–Kier alpha value is -4.95. The Kier molecular flexibility index (Phi) is 5.75. The molecule has 1 aliphatic carbocycles. The highest BCUT2D eigenvalue weighted by Crippen LogP contribution is 2.61. The molecule has 3 aliphatic rings. The molecule has 4 aromatic rings. The molecular formula is C33H20ClFN2O5. The largest absolute Gasteiger partial charge is 0.352 e. The molecule has 7 nitrogen and oxygen atoms in total. The van der Waals surface area contributed by atoms with Gasteiger partial charge >= 0.3 is 0 Å². The summed E-state index contributed by atoms with van der Waals surface area (Å²) in [6, 6.07) is 20.7. The van der Waals surface area contributed by atoms with Crippen molar-refractivity contribution in [2.24, 2.45) is 5.41 Å². The minimum Gasteiger partial charge on any atom is -0.352 e. The van der Waals surface area contributed by atoms with E-state index >= 15 is 0 Å². The third kappa shape index (κ3) is 3.42. The molecule has 0 aromatic heterocycles. The number of hydrogen-bond donors (Lipinski definition) is 0. The molecule has 7 rings (SSSR count). The molecule has 206 valence electrons. The van der Waals surface area contributed by atoms with Gasteiger partial charge in [0.25, 0.3) is 5.69 Å². The molecule has 4 aromatic carbocycles. The van der Waals surface area contributed by atoms with Crippen LogP contribution in [0.25, 0.3) is 6.08 Å². The third-order valence-electron chi connectivity index (χ3n) is 8.64. The lowest BCUT2D eigenvalue weighted by Gasteiger charge is -2.37. The number of fused-ring (bicyclic) bond motifs is 5. The molecule has 9 heteroatoms. The van der Waals surface area contributed by atoms with Crippen molar-refractivity contribution in [2.45, 2.75) is 18.0 Å². The number of hydrogen-bond acceptors (Lipinski definition) is 6. The molecule has 2 heterocycles. The molecule has 0 amide bonds. The Balaban J connectivity index is 1.55. The minimum absolute atomic E-state index is 0.175. The smallest absolute Gasteiger partial charge is 0.269 e. The summed E-state index contributed by atoms with van der Waals surface area (Å²) >= 11 is 6.51. The van der Waals surface area contributed by atoms with Crippen molar-refractivity contribution in [1.29, 1.82) is 0 Å².